The zero-order valence-electron chi connectivity index (χ0n) is 20.6. The molecule has 0 aliphatic carbocycles. The van der Waals surface area contributed by atoms with E-state index in [2.05, 4.69) is 5.32 Å². The van der Waals surface area contributed by atoms with Crippen molar-refractivity contribution in [2.45, 2.75) is 33.6 Å². The largest absolute Gasteiger partial charge is 0.463 e. The smallest absolute Gasteiger partial charge is 0.336 e. The third-order valence-electron chi connectivity index (χ3n) is 5.84. The van der Waals surface area contributed by atoms with Gasteiger partial charge in [0.1, 0.15) is 10.8 Å². The van der Waals surface area contributed by atoms with Gasteiger partial charge in [-0.05, 0) is 51.5 Å². The predicted octanol–water partition coefficient (Wildman–Crippen LogP) is 5.98. The van der Waals surface area contributed by atoms with Gasteiger partial charge >= 0.3 is 11.9 Å². The molecular formula is C28H27FN2O4S. The van der Waals surface area contributed by atoms with E-state index in [4.69, 9.17) is 14.5 Å². The minimum Gasteiger partial charge on any atom is -0.463 e. The second-order valence-corrected chi connectivity index (χ2v) is 9.11. The maximum Gasteiger partial charge on any atom is 0.336 e. The third-order valence-corrected chi connectivity index (χ3v) is 6.73. The van der Waals surface area contributed by atoms with E-state index >= 15 is 0 Å². The normalized spacial score (nSPS) is 14.0. The molecule has 0 bridgehead atoms. The van der Waals surface area contributed by atoms with Crippen molar-refractivity contribution in [2.75, 3.05) is 13.2 Å². The Morgan fingerprint density at radius 3 is 2.17 bits per heavy atom. The number of halogens is 1. The van der Waals surface area contributed by atoms with Crippen LogP contribution in [0.5, 0.6) is 0 Å². The number of benzene rings is 2. The minimum atomic E-state index is -0.674. The number of hydrogen-bond acceptors (Lipinski definition) is 7. The predicted molar refractivity (Wildman–Crippen MR) is 137 cm³/mol. The Morgan fingerprint density at radius 1 is 0.944 bits per heavy atom. The van der Waals surface area contributed by atoms with Gasteiger partial charge < -0.3 is 14.8 Å². The van der Waals surface area contributed by atoms with Crippen LogP contribution < -0.4 is 5.32 Å². The molecule has 0 amide bonds. The SMILES string of the molecule is CCOC(=O)C1=C(C)NC(C)=C(C(=O)OCC)C1c1cccc(-c2nc(-c3cccc(F)c3)cs2)c1. The van der Waals surface area contributed by atoms with Gasteiger partial charge in [-0.15, -0.1) is 11.3 Å². The Balaban J connectivity index is 1.79. The summed E-state index contributed by atoms with van der Waals surface area (Å²) in [7, 11) is 0. The van der Waals surface area contributed by atoms with Gasteiger partial charge in [-0.3, -0.25) is 0 Å². The lowest BCUT2D eigenvalue weighted by atomic mass is 9.80. The van der Waals surface area contributed by atoms with E-state index in [1.807, 2.05) is 35.7 Å². The molecule has 1 aromatic heterocycles. The lowest BCUT2D eigenvalue weighted by molar-refractivity contribution is -0.139. The van der Waals surface area contributed by atoms with Crippen molar-refractivity contribution >= 4 is 23.3 Å². The number of allylic oxidation sites excluding steroid dienone is 2. The van der Waals surface area contributed by atoms with Gasteiger partial charge in [-0.1, -0.05) is 30.3 Å². The molecule has 0 saturated heterocycles. The number of ether oxygens (including phenoxy) is 2. The highest BCUT2D eigenvalue weighted by molar-refractivity contribution is 7.13. The van der Waals surface area contributed by atoms with Crippen molar-refractivity contribution in [2.24, 2.45) is 0 Å². The molecule has 6 nitrogen and oxygen atoms in total. The van der Waals surface area contributed by atoms with Gasteiger partial charge in [0.05, 0.1) is 36.0 Å². The molecule has 4 rings (SSSR count). The summed E-state index contributed by atoms with van der Waals surface area (Å²) in [6, 6.07) is 13.9. The maximum atomic E-state index is 13.7. The molecule has 8 heteroatoms. The third kappa shape index (κ3) is 5.09. The standard InChI is InChI=1S/C28H27FN2O4S/c1-5-34-27(32)23-16(3)30-17(4)24(28(33)35-6-2)25(23)19-10-7-11-20(13-19)26-31-22(15-36-26)18-9-8-12-21(29)14-18/h7-15,25,30H,5-6H2,1-4H3. The molecule has 0 fully saturated rings. The van der Waals surface area contributed by atoms with Crippen molar-refractivity contribution in [1.82, 2.24) is 10.3 Å². The summed E-state index contributed by atoms with van der Waals surface area (Å²) in [5.74, 6) is -1.98. The van der Waals surface area contributed by atoms with E-state index in [0.29, 0.717) is 33.8 Å². The first kappa shape index (κ1) is 25.3. The number of aromatic nitrogens is 1. The highest BCUT2D eigenvalue weighted by Gasteiger charge is 2.38. The number of dihydropyridines is 1. The molecule has 2 heterocycles. The molecule has 0 unspecified atom stereocenters. The summed E-state index contributed by atoms with van der Waals surface area (Å²) in [5.41, 5.74) is 4.89. The number of esters is 2. The molecule has 0 radical (unpaired) electrons. The van der Waals surface area contributed by atoms with Crippen LogP contribution >= 0.6 is 11.3 Å². The van der Waals surface area contributed by atoms with Gasteiger partial charge in [0.25, 0.3) is 0 Å². The summed E-state index contributed by atoms with van der Waals surface area (Å²) < 4.78 is 24.4. The van der Waals surface area contributed by atoms with Gasteiger partial charge in [0.15, 0.2) is 0 Å². The van der Waals surface area contributed by atoms with E-state index in [-0.39, 0.29) is 19.0 Å². The molecule has 0 saturated carbocycles. The van der Waals surface area contributed by atoms with E-state index in [1.54, 1.807) is 33.8 Å². The van der Waals surface area contributed by atoms with Crippen molar-refractivity contribution in [1.29, 1.82) is 0 Å². The van der Waals surface area contributed by atoms with Crippen LogP contribution in [0, 0.1) is 5.82 Å². The van der Waals surface area contributed by atoms with Crippen molar-refractivity contribution in [3.63, 3.8) is 0 Å². The van der Waals surface area contributed by atoms with Gasteiger partial charge in [-0.25, -0.2) is 19.0 Å². The van der Waals surface area contributed by atoms with Crippen LogP contribution in [0.4, 0.5) is 4.39 Å². The van der Waals surface area contributed by atoms with E-state index in [0.717, 1.165) is 16.1 Å². The Labute approximate surface area is 213 Å². The maximum absolute atomic E-state index is 13.7. The van der Waals surface area contributed by atoms with Crippen LogP contribution in [0.15, 0.2) is 76.5 Å². The summed E-state index contributed by atoms with van der Waals surface area (Å²) in [6.45, 7) is 7.49. The van der Waals surface area contributed by atoms with Crippen LogP contribution in [0.2, 0.25) is 0 Å². The second kappa shape index (κ2) is 10.9. The fourth-order valence-electron chi connectivity index (χ4n) is 4.32. The highest BCUT2D eigenvalue weighted by atomic mass is 32.1. The van der Waals surface area contributed by atoms with Gasteiger partial charge in [0, 0.05) is 27.9 Å². The number of carbonyl (C=O) groups excluding carboxylic acids is 2. The summed E-state index contributed by atoms with van der Waals surface area (Å²) >= 11 is 1.44. The average molecular weight is 507 g/mol. The van der Waals surface area contributed by atoms with Crippen LogP contribution in [-0.4, -0.2) is 30.1 Å². The first-order chi connectivity index (χ1) is 17.3. The minimum absolute atomic E-state index is 0.210. The number of thiazole rings is 1. The lowest BCUT2D eigenvalue weighted by Gasteiger charge is -2.30. The van der Waals surface area contributed by atoms with Crippen LogP contribution in [-0.2, 0) is 19.1 Å². The quantitative estimate of drug-likeness (QED) is 0.398. The number of nitrogens with one attached hydrogen (secondary N) is 1. The zero-order chi connectivity index (χ0) is 25.8. The molecule has 0 spiro atoms. The van der Waals surface area contributed by atoms with Gasteiger partial charge in [0.2, 0.25) is 0 Å². The zero-order valence-corrected chi connectivity index (χ0v) is 21.4. The van der Waals surface area contributed by atoms with E-state index in [1.165, 1.54) is 23.5 Å². The molecule has 2 aromatic carbocycles. The van der Waals surface area contributed by atoms with Crippen molar-refractivity contribution in [3.8, 4) is 21.8 Å². The van der Waals surface area contributed by atoms with E-state index in [9.17, 15) is 14.0 Å². The molecular weight excluding hydrogens is 479 g/mol. The Kier molecular flexibility index (Phi) is 7.64. The van der Waals surface area contributed by atoms with Crippen LogP contribution in [0.3, 0.4) is 0 Å². The van der Waals surface area contributed by atoms with Crippen molar-refractivity contribution in [3.05, 3.63) is 87.8 Å². The molecule has 0 atom stereocenters. The second-order valence-electron chi connectivity index (χ2n) is 8.25. The fraction of sp³-hybridized carbons (Fsp3) is 0.250. The number of carbonyl (C=O) groups is 2. The molecule has 36 heavy (non-hydrogen) atoms. The molecule has 186 valence electrons. The molecule has 1 aliphatic heterocycles. The van der Waals surface area contributed by atoms with Crippen LogP contribution in [0.1, 0.15) is 39.2 Å². The molecule has 1 N–H and O–H groups in total. The summed E-state index contributed by atoms with van der Waals surface area (Å²) in [4.78, 5) is 30.8. The van der Waals surface area contributed by atoms with Crippen LogP contribution in [0.25, 0.3) is 21.8 Å². The Bertz CT molecular complexity index is 1340. The fourth-order valence-corrected chi connectivity index (χ4v) is 5.15. The highest BCUT2D eigenvalue weighted by Crippen LogP contribution is 2.41. The van der Waals surface area contributed by atoms with Gasteiger partial charge in [-0.2, -0.15) is 0 Å². The topological polar surface area (TPSA) is 77.5 Å². The average Bonchev–Trinajstić information content (AvgIpc) is 3.34. The number of hydrogen-bond donors (Lipinski definition) is 1. The number of nitrogens with zero attached hydrogens (tertiary/aromatic N) is 1. The first-order valence-corrected chi connectivity index (χ1v) is 12.6. The van der Waals surface area contributed by atoms with Crippen molar-refractivity contribution < 1.29 is 23.5 Å². The lowest BCUT2D eigenvalue weighted by Crippen LogP contribution is -2.32. The Hall–Kier alpha value is -3.78. The first-order valence-electron chi connectivity index (χ1n) is 11.7. The summed E-state index contributed by atoms with van der Waals surface area (Å²) in [6.07, 6.45) is 0. The molecule has 1 aliphatic rings. The van der Waals surface area contributed by atoms with E-state index < -0.39 is 17.9 Å². The molecule has 3 aromatic rings. The summed E-state index contributed by atoms with van der Waals surface area (Å²) in [5, 5.41) is 5.76. The number of rotatable bonds is 7. The monoisotopic (exact) mass is 506 g/mol. The Morgan fingerprint density at radius 2 is 1.56 bits per heavy atom.